The van der Waals surface area contributed by atoms with Gasteiger partial charge >= 0.3 is 5.97 Å². The monoisotopic (exact) mass is 406 g/mol. The SMILES string of the molecule is COC(=O)CCC(C)C1CCC2C3CCC4C[C@@H](O)CC[C@]4(C)C3C[C@H](O)[C@]12C. The minimum Gasteiger partial charge on any atom is -0.469 e. The van der Waals surface area contributed by atoms with Crippen LogP contribution in [0.1, 0.15) is 85.0 Å². The molecule has 0 aliphatic heterocycles. The van der Waals surface area contributed by atoms with E-state index in [9.17, 15) is 15.0 Å². The number of aliphatic hydroxyl groups excluding tert-OH is 2. The average Bonchev–Trinajstić information content (AvgIpc) is 3.06. The molecular formula is C25H42O4. The van der Waals surface area contributed by atoms with E-state index < -0.39 is 0 Å². The quantitative estimate of drug-likeness (QED) is 0.671. The molecule has 29 heavy (non-hydrogen) atoms. The molecular weight excluding hydrogens is 364 g/mol. The Morgan fingerprint density at radius 1 is 1.07 bits per heavy atom. The fourth-order valence-electron chi connectivity index (χ4n) is 8.81. The number of carbonyl (C=O) groups is 1. The second-order valence-electron chi connectivity index (χ2n) is 11.5. The lowest BCUT2D eigenvalue weighted by Crippen LogP contribution is -2.58. The van der Waals surface area contributed by atoms with Crippen molar-refractivity contribution >= 4 is 5.97 Å². The first kappa shape index (κ1) is 21.6. The molecule has 4 saturated carbocycles. The summed E-state index contributed by atoms with van der Waals surface area (Å²) in [6, 6.07) is 0. The maximum absolute atomic E-state index is 11.6. The average molecular weight is 407 g/mol. The van der Waals surface area contributed by atoms with E-state index in [1.165, 1.54) is 32.8 Å². The molecule has 10 atom stereocenters. The van der Waals surface area contributed by atoms with Crippen LogP contribution in [-0.4, -0.2) is 35.5 Å². The van der Waals surface area contributed by atoms with Gasteiger partial charge in [-0.05, 0) is 104 Å². The lowest BCUT2D eigenvalue weighted by atomic mass is 9.43. The summed E-state index contributed by atoms with van der Waals surface area (Å²) >= 11 is 0. The lowest BCUT2D eigenvalue weighted by Gasteiger charge is -2.62. The van der Waals surface area contributed by atoms with Crippen molar-refractivity contribution in [2.75, 3.05) is 7.11 Å². The van der Waals surface area contributed by atoms with Crippen LogP contribution in [0.4, 0.5) is 0 Å². The highest BCUT2D eigenvalue weighted by molar-refractivity contribution is 5.69. The molecule has 0 aromatic carbocycles. The fraction of sp³-hybridized carbons (Fsp3) is 0.960. The highest BCUT2D eigenvalue weighted by Gasteiger charge is 2.63. The van der Waals surface area contributed by atoms with Crippen LogP contribution in [0.2, 0.25) is 0 Å². The molecule has 4 nitrogen and oxygen atoms in total. The number of methoxy groups -OCH3 is 1. The standard InChI is InChI=1S/C25H42O4/c1-15(5-10-23(28)29-4)19-8-9-20-18-7-6-16-13-17(26)11-12-24(16,2)21(18)14-22(27)25(19,20)3/h15-22,26-27H,5-14H2,1-4H3/t15?,16?,17-,18?,19?,20?,21?,22-,24-,25+/m0/s1. The van der Waals surface area contributed by atoms with Crippen molar-refractivity contribution < 1.29 is 19.7 Å². The summed E-state index contributed by atoms with van der Waals surface area (Å²) in [5, 5.41) is 21.8. The third-order valence-corrected chi connectivity index (χ3v) is 10.5. The Labute approximate surface area is 176 Å². The first-order valence-corrected chi connectivity index (χ1v) is 12.1. The van der Waals surface area contributed by atoms with Crippen molar-refractivity contribution in [2.45, 2.75) is 97.2 Å². The van der Waals surface area contributed by atoms with E-state index in [0.29, 0.717) is 41.4 Å². The third-order valence-electron chi connectivity index (χ3n) is 10.5. The molecule has 0 aromatic heterocycles. The van der Waals surface area contributed by atoms with Gasteiger partial charge < -0.3 is 14.9 Å². The van der Waals surface area contributed by atoms with E-state index in [1.807, 2.05) is 0 Å². The Morgan fingerprint density at radius 3 is 2.55 bits per heavy atom. The van der Waals surface area contributed by atoms with Crippen molar-refractivity contribution in [3.8, 4) is 0 Å². The molecule has 0 bridgehead atoms. The molecule has 0 radical (unpaired) electrons. The predicted molar refractivity (Wildman–Crippen MR) is 113 cm³/mol. The Hall–Kier alpha value is -0.610. The number of hydrogen-bond acceptors (Lipinski definition) is 4. The van der Waals surface area contributed by atoms with Crippen LogP contribution >= 0.6 is 0 Å². The van der Waals surface area contributed by atoms with Gasteiger partial charge in [-0.15, -0.1) is 0 Å². The summed E-state index contributed by atoms with van der Waals surface area (Å²) in [5.41, 5.74) is 0.271. The first-order valence-electron chi connectivity index (χ1n) is 12.1. The number of esters is 1. The van der Waals surface area contributed by atoms with Gasteiger partial charge in [-0.3, -0.25) is 4.79 Å². The Morgan fingerprint density at radius 2 is 1.83 bits per heavy atom. The first-order chi connectivity index (χ1) is 13.7. The number of carbonyl (C=O) groups excluding carboxylic acids is 1. The summed E-state index contributed by atoms with van der Waals surface area (Å²) < 4.78 is 4.85. The van der Waals surface area contributed by atoms with Gasteiger partial charge in [0.25, 0.3) is 0 Å². The highest BCUT2D eigenvalue weighted by Crippen LogP contribution is 2.68. The van der Waals surface area contributed by atoms with Gasteiger partial charge in [-0.25, -0.2) is 0 Å². The van der Waals surface area contributed by atoms with Crippen LogP contribution in [0.25, 0.3) is 0 Å². The molecule has 4 fully saturated rings. The molecule has 6 unspecified atom stereocenters. The van der Waals surface area contributed by atoms with Gasteiger partial charge in [-0.2, -0.15) is 0 Å². The van der Waals surface area contributed by atoms with Crippen molar-refractivity contribution in [3.05, 3.63) is 0 Å². The lowest BCUT2D eigenvalue weighted by molar-refractivity contribution is -0.175. The normalized spacial score (nSPS) is 50.2. The predicted octanol–water partition coefficient (Wildman–Crippen LogP) is 4.57. The molecule has 4 heteroatoms. The fourth-order valence-corrected chi connectivity index (χ4v) is 8.81. The van der Waals surface area contributed by atoms with Crippen LogP contribution < -0.4 is 0 Å². The van der Waals surface area contributed by atoms with Crippen LogP contribution in [-0.2, 0) is 9.53 Å². The Kier molecular flexibility index (Phi) is 5.83. The topological polar surface area (TPSA) is 66.8 Å². The zero-order valence-electron chi connectivity index (χ0n) is 18.9. The number of hydrogen-bond donors (Lipinski definition) is 2. The molecule has 0 aromatic rings. The summed E-state index contributed by atoms with van der Waals surface area (Å²) in [6.07, 6.45) is 9.86. The van der Waals surface area contributed by atoms with Crippen LogP contribution in [0.3, 0.4) is 0 Å². The zero-order chi connectivity index (χ0) is 21.0. The maximum Gasteiger partial charge on any atom is 0.305 e. The summed E-state index contributed by atoms with van der Waals surface area (Å²) in [7, 11) is 1.46. The van der Waals surface area contributed by atoms with Gasteiger partial charge in [0.1, 0.15) is 0 Å². The Bertz CT molecular complexity index is 620. The molecule has 0 spiro atoms. The van der Waals surface area contributed by atoms with Gasteiger partial charge in [0.05, 0.1) is 19.3 Å². The maximum atomic E-state index is 11.6. The van der Waals surface area contributed by atoms with Gasteiger partial charge in [-0.1, -0.05) is 20.8 Å². The number of aliphatic hydroxyl groups is 2. The molecule has 0 amide bonds. The number of ether oxygens (including phenoxy) is 1. The smallest absolute Gasteiger partial charge is 0.305 e. The third kappa shape index (κ3) is 3.37. The van der Waals surface area contributed by atoms with E-state index >= 15 is 0 Å². The van der Waals surface area contributed by atoms with E-state index in [-0.39, 0.29) is 23.6 Å². The second kappa shape index (κ2) is 7.82. The molecule has 2 N–H and O–H groups in total. The minimum absolute atomic E-state index is 0.0198. The summed E-state index contributed by atoms with van der Waals surface area (Å²) in [6.45, 7) is 7.12. The molecule has 4 rings (SSSR count). The van der Waals surface area contributed by atoms with Crippen molar-refractivity contribution in [2.24, 2.45) is 46.3 Å². The van der Waals surface area contributed by atoms with Crippen LogP contribution in [0.15, 0.2) is 0 Å². The largest absolute Gasteiger partial charge is 0.469 e. The van der Waals surface area contributed by atoms with Gasteiger partial charge in [0, 0.05) is 6.42 Å². The number of rotatable bonds is 4. The van der Waals surface area contributed by atoms with E-state index in [2.05, 4.69) is 20.8 Å². The summed E-state index contributed by atoms with van der Waals surface area (Å²) in [4.78, 5) is 11.6. The molecule has 4 aliphatic carbocycles. The van der Waals surface area contributed by atoms with Crippen molar-refractivity contribution in [3.63, 3.8) is 0 Å². The van der Waals surface area contributed by atoms with Crippen molar-refractivity contribution in [1.82, 2.24) is 0 Å². The Balaban J connectivity index is 1.53. The van der Waals surface area contributed by atoms with Gasteiger partial charge in [0.15, 0.2) is 0 Å². The summed E-state index contributed by atoms with van der Waals surface area (Å²) in [5.74, 6) is 3.36. The van der Waals surface area contributed by atoms with Crippen LogP contribution in [0, 0.1) is 46.3 Å². The molecule has 4 aliphatic rings. The molecule has 0 saturated heterocycles. The van der Waals surface area contributed by atoms with E-state index in [1.54, 1.807) is 0 Å². The zero-order valence-corrected chi connectivity index (χ0v) is 18.9. The molecule has 166 valence electrons. The minimum atomic E-state index is -0.246. The van der Waals surface area contributed by atoms with Crippen molar-refractivity contribution in [1.29, 1.82) is 0 Å². The van der Waals surface area contributed by atoms with E-state index in [0.717, 1.165) is 38.0 Å². The van der Waals surface area contributed by atoms with Gasteiger partial charge in [0.2, 0.25) is 0 Å². The highest BCUT2D eigenvalue weighted by atomic mass is 16.5. The van der Waals surface area contributed by atoms with Crippen LogP contribution in [0.5, 0.6) is 0 Å². The number of fused-ring (bicyclic) bond motifs is 5. The van der Waals surface area contributed by atoms with E-state index in [4.69, 9.17) is 4.74 Å². The molecule has 0 heterocycles. The second-order valence-corrected chi connectivity index (χ2v) is 11.5.